The third kappa shape index (κ3) is 4.41. The van der Waals surface area contributed by atoms with Crippen LogP contribution in [0.15, 0.2) is 12.1 Å². The van der Waals surface area contributed by atoms with E-state index >= 15 is 0 Å². The number of carbonyl (C=O) groups excluding carboxylic acids is 2. The zero-order valence-corrected chi connectivity index (χ0v) is 15.1. The van der Waals surface area contributed by atoms with E-state index in [4.69, 9.17) is 16.3 Å². The van der Waals surface area contributed by atoms with Gasteiger partial charge in [-0.15, -0.1) is 0 Å². The quantitative estimate of drug-likeness (QED) is 0.815. The lowest BCUT2D eigenvalue weighted by atomic mass is 10.2. The van der Waals surface area contributed by atoms with Crippen molar-refractivity contribution in [3.05, 3.63) is 23.0 Å². The molecule has 3 heterocycles. The van der Waals surface area contributed by atoms with Crippen molar-refractivity contribution < 1.29 is 14.3 Å². The average molecular weight is 367 g/mol. The minimum atomic E-state index is -0.303. The topological polar surface area (TPSA) is 74.8 Å². The maximum absolute atomic E-state index is 12.5. The van der Waals surface area contributed by atoms with E-state index < -0.39 is 0 Å². The van der Waals surface area contributed by atoms with Crippen LogP contribution in [0, 0.1) is 6.92 Å². The number of ether oxygens (including phenoxy) is 1. The van der Waals surface area contributed by atoms with Gasteiger partial charge in [0.05, 0.1) is 11.4 Å². The summed E-state index contributed by atoms with van der Waals surface area (Å²) in [6.07, 6.45) is 2.18. The third-order valence-corrected chi connectivity index (χ3v) is 4.80. The lowest BCUT2D eigenvalue weighted by Crippen LogP contribution is -2.42. The Balaban J connectivity index is 1.56. The number of halogens is 1. The van der Waals surface area contributed by atoms with E-state index in [0.717, 1.165) is 19.3 Å². The van der Waals surface area contributed by atoms with E-state index in [-0.39, 0.29) is 18.0 Å². The van der Waals surface area contributed by atoms with Crippen LogP contribution in [0.1, 0.15) is 25.0 Å². The van der Waals surface area contributed by atoms with E-state index in [0.29, 0.717) is 49.3 Å². The van der Waals surface area contributed by atoms with E-state index in [9.17, 15) is 9.59 Å². The van der Waals surface area contributed by atoms with Crippen molar-refractivity contribution in [2.24, 2.45) is 0 Å². The van der Waals surface area contributed by atoms with E-state index in [2.05, 4.69) is 10.3 Å². The highest BCUT2D eigenvalue weighted by molar-refractivity contribution is 6.29. The molecule has 3 rings (SSSR count). The van der Waals surface area contributed by atoms with Gasteiger partial charge in [-0.1, -0.05) is 11.6 Å². The predicted molar refractivity (Wildman–Crippen MR) is 94.7 cm³/mol. The number of pyridine rings is 1. The highest BCUT2D eigenvalue weighted by Gasteiger charge is 2.30. The molecule has 0 bridgehead atoms. The van der Waals surface area contributed by atoms with Gasteiger partial charge in [0.25, 0.3) is 5.91 Å². The number of aryl methyl sites for hydroxylation is 1. The van der Waals surface area contributed by atoms with E-state index in [1.54, 1.807) is 24.0 Å². The largest absolute Gasteiger partial charge is 0.368 e. The van der Waals surface area contributed by atoms with Crippen molar-refractivity contribution in [3.63, 3.8) is 0 Å². The summed E-state index contributed by atoms with van der Waals surface area (Å²) in [7, 11) is 0. The fraction of sp³-hybridized carbons (Fsp3) is 0.588. The minimum absolute atomic E-state index is 0.0532. The molecule has 7 nitrogen and oxygen atoms in total. The molecule has 0 aromatic carbocycles. The van der Waals surface area contributed by atoms with Crippen LogP contribution in [-0.2, 0) is 9.53 Å². The first-order chi connectivity index (χ1) is 12.0. The maximum atomic E-state index is 12.5. The summed E-state index contributed by atoms with van der Waals surface area (Å²) < 4.78 is 5.48. The number of amides is 3. The van der Waals surface area contributed by atoms with Crippen LogP contribution in [0.25, 0.3) is 0 Å². The Morgan fingerprint density at radius 3 is 2.68 bits per heavy atom. The van der Waals surface area contributed by atoms with Crippen LogP contribution < -0.4 is 5.32 Å². The molecule has 0 spiro atoms. The average Bonchev–Trinajstić information content (AvgIpc) is 3.01. The fourth-order valence-electron chi connectivity index (χ4n) is 3.17. The van der Waals surface area contributed by atoms with Crippen molar-refractivity contribution in [3.8, 4) is 0 Å². The summed E-state index contributed by atoms with van der Waals surface area (Å²) in [5.74, 6) is 0.0532. The van der Waals surface area contributed by atoms with Gasteiger partial charge in [0.1, 0.15) is 11.3 Å². The number of hydrogen-bond donors (Lipinski definition) is 1. The molecule has 8 heteroatoms. The molecule has 0 unspecified atom stereocenters. The van der Waals surface area contributed by atoms with Crippen LogP contribution in [0.5, 0.6) is 0 Å². The zero-order valence-electron chi connectivity index (χ0n) is 14.3. The fourth-order valence-corrected chi connectivity index (χ4v) is 3.36. The van der Waals surface area contributed by atoms with Gasteiger partial charge < -0.3 is 19.9 Å². The Labute approximate surface area is 152 Å². The predicted octanol–water partition coefficient (Wildman–Crippen LogP) is 2.29. The highest BCUT2D eigenvalue weighted by atomic mass is 35.5. The van der Waals surface area contributed by atoms with E-state index in [1.165, 1.54) is 0 Å². The molecule has 136 valence electrons. The zero-order chi connectivity index (χ0) is 17.8. The number of urea groups is 1. The lowest BCUT2D eigenvalue weighted by Gasteiger charge is -2.24. The Morgan fingerprint density at radius 1 is 1.20 bits per heavy atom. The Morgan fingerprint density at radius 2 is 1.96 bits per heavy atom. The van der Waals surface area contributed by atoms with Crippen molar-refractivity contribution in [1.82, 2.24) is 14.8 Å². The van der Waals surface area contributed by atoms with E-state index in [1.807, 2.05) is 4.90 Å². The Hall–Kier alpha value is -1.86. The molecule has 1 aromatic rings. The minimum Gasteiger partial charge on any atom is -0.368 e. The highest BCUT2D eigenvalue weighted by Crippen LogP contribution is 2.18. The number of aromatic nitrogens is 1. The molecule has 1 aromatic heterocycles. The van der Waals surface area contributed by atoms with Crippen LogP contribution in [0.3, 0.4) is 0 Å². The van der Waals surface area contributed by atoms with Gasteiger partial charge in [0.2, 0.25) is 0 Å². The standard InChI is InChI=1S/C17H23ClN4O3/c1-12-13(5-6-15(18)19-12)20-17(24)22-8-3-7-21(9-10-22)16(23)14-4-2-11-25-14/h5-6,14H,2-4,7-11H2,1H3,(H,20,24)/t14-/m0/s1. The second-order valence-corrected chi connectivity index (χ2v) is 6.75. The molecular weight excluding hydrogens is 344 g/mol. The van der Waals surface area contributed by atoms with Crippen LogP contribution in [-0.4, -0.2) is 65.6 Å². The number of nitrogens with zero attached hydrogens (tertiary/aromatic N) is 3. The molecule has 0 saturated carbocycles. The summed E-state index contributed by atoms with van der Waals surface area (Å²) in [5.41, 5.74) is 1.32. The SMILES string of the molecule is Cc1nc(Cl)ccc1NC(=O)N1CCCN(C(=O)[C@@H]2CCCO2)CC1. The maximum Gasteiger partial charge on any atom is 0.321 e. The first-order valence-corrected chi connectivity index (χ1v) is 9.02. The molecule has 2 aliphatic heterocycles. The molecule has 2 saturated heterocycles. The molecule has 25 heavy (non-hydrogen) atoms. The number of hydrogen-bond acceptors (Lipinski definition) is 4. The monoisotopic (exact) mass is 366 g/mol. The third-order valence-electron chi connectivity index (χ3n) is 4.59. The molecule has 1 atom stereocenters. The van der Waals surface area contributed by atoms with Crippen molar-refractivity contribution in [2.45, 2.75) is 32.3 Å². The molecule has 2 aliphatic rings. The Bertz CT molecular complexity index is 649. The molecule has 1 N–H and O–H groups in total. The summed E-state index contributed by atoms with van der Waals surface area (Å²) >= 11 is 5.84. The molecule has 3 amide bonds. The van der Waals surface area contributed by atoms with Gasteiger partial charge >= 0.3 is 6.03 Å². The second-order valence-electron chi connectivity index (χ2n) is 6.36. The molecular formula is C17H23ClN4O3. The summed E-state index contributed by atoms with van der Waals surface area (Å²) in [6, 6.07) is 3.21. The van der Waals surface area contributed by atoms with Crippen LogP contribution in [0.4, 0.5) is 10.5 Å². The first kappa shape index (κ1) is 17.9. The van der Waals surface area contributed by atoms with Gasteiger partial charge in [-0.3, -0.25) is 4.79 Å². The van der Waals surface area contributed by atoms with Crippen molar-refractivity contribution in [1.29, 1.82) is 0 Å². The van der Waals surface area contributed by atoms with Gasteiger partial charge in [0, 0.05) is 32.8 Å². The van der Waals surface area contributed by atoms with Crippen LogP contribution in [0.2, 0.25) is 5.15 Å². The van der Waals surface area contributed by atoms with Gasteiger partial charge in [-0.05, 0) is 38.3 Å². The Kier molecular flexibility index (Phi) is 5.75. The number of nitrogens with one attached hydrogen (secondary N) is 1. The van der Waals surface area contributed by atoms with Gasteiger partial charge in [-0.2, -0.15) is 0 Å². The van der Waals surface area contributed by atoms with Crippen molar-refractivity contribution >= 4 is 29.2 Å². The molecule has 0 aliphatic carbocycles. The van der Waals surface area contributed by atoms with Gasteiger partial charge in [-0.25, -0.2) is 9.78 Å². The first-order valence-electron chi connectivity index (χ1n) is 8.64. The van der Waals surface area contributed by atoms with Crippen molar-refractivity contribution in [2.75, 3.05) is 38.1 Å². The van der Waals surface area contributed by atoms with Crippen LogP contribution >= 0.6 is 11.6 Å². The van der Waals surface area contributed by atoms with Gasteiger partial charge in [0.15, 0.2) is 0 Å². The molecule has 2 fully saturated rings. The molecule has 0 radical (unpaired) electrons. The second kappa shape index (κ2) is 8.01. The summed E-state index contributed by atoms with van der Waals surface area (Å²) in [4.78, 5) is 32.7. The summed E-state index contributed by atoms with van der Waals surface area (Å²) in [6.45, 7) is 4.76. The summed E-state index contributed by atoms with van der Waals surface area (Å²) in [5, 5.41) is 3.27. The normalized spacial score (nSPS) is 21.1. The number of carbonyl (C=O) groups is 2. The lowest BCUT2D eigenvalue weighted by molar-refractivity contribution is -0.140. The smallest absolute Gasteiger partial charge is 0.321 e. The number of rotatable bonds is 2. The number of anilines is 1.